The molecule has 1 aromatic carbocycles. The van der Waals surface area contributed by atoms with Crippen LogP contribution in [-0.4, -0.2) is 47.0 Å². The maximum Gasteiger partial charge on any atom is 0.336 e. The first-order valence-corrected chi connectivity index (χ1v) is 5.02. The van der Waals surface area contributed by atoms with Gasteiger partial charge in [-0.25, -0.2) is 4.79 Å². The summed E-state index contributed by atoms with van der Waals surface area (Å²) in [4.78, 5) is 22.5. The molecular formula is C11H13NO6. The van der Waals surface area contributed by atoms with Gasteiger partial charge in [-0.15, -0.1) is 0 Å². The number of rotatable bonds is 4. The zero-order valence-electron chi connectivity index (χ0n) is 9.58. The second-order valence-corrected chi connectivity index (χ2v) is 3.42. The van der Waals surface area contributed by atoms with Gasteiger partial charge in [-0.2, -0.15) is 0 Å². The van der Waals surface area contributed by atoms with E-state index in [2.05, 4.69) is 10.1 Å². The first-order valence-electron chi connectivity index (χ1n) is 5.02. The van der Waals surface area contributed by atoms with Crippen LogP contribution in [0.25, 0.3) is 0 Å². The van der Waals surface area contributed by atoms with Gasteiger partial charge in [0.05, 0.1) is 13.7 Å². The average molecular weight is 255 g/mol. The van der Waals surface area contributed by atoms with Gasteiger partial charge in [0, 0.05) is 0 Å². The Morgan fingerprint density at radius 2 is 1.89 bits per heavy atom. The lowest BCUT2D eigenvalue weighted by molar-refractivity contribution is -0.149. The van der Waals surface area contributed by atoms with Crippen molar-refractivity contribution in [2.45, 2.75) is 6.10 Å². The Kier molecular flexibility index (Phi) is 4.50. The monoisotopic (exact) mass is 255 g/mol. The van der Waals surface area contributed by atoms with Crippen molar-refractivity contribution in [2.24, 2.45) is 0 Å². The Labute approximate surface area is 103 Å². The van der Waals surface area contributed by atoms with Gasteiger partial charge < -0.3 is 25.4 Å². The third kappa shape index (κ3) is 3.11. The highest BCUT2D eigenvalue weighted by Gasteiger charge is 2.20. The summed E-state index contributed by atoms with van der Waals surface area (Å²) in [6.45, 7) is -0.390. The van der Waals surface area contributed by atoms with Crippen LogP contribution >= 0.6 is 0 Å². The predicted molar refractivity (Wildman–Crippen MR) is 60.1 cm³/mol. The van der Waals surface area contributed by atoms with Crippen molar-refractivity contribution in [1.29, 1.82) is 0 Å². The lowest BCUT2D eigenvalue weighted by atomic mass is 10.1. The number of aromatic hydroxyl groups is 2. The Balaban J connectivity index is 2.69. The van der Waals surface area contributed by atoms with Crippen molar-refractivity contribution in [3.05, 3.63) is 23.8 Å². The number of ether oxygens (including phenoxy) is 1. The number of aliphatic hydroxyl groups excluding tert-OH is 1. The fourth-order valence-electron chi connectivity index (χ4n) is 1.26. The molecule has 0 aliphatic rings. The highest BCUT2D eigenvalue weighted by molar-refractivity contribution is 5.99. The third-order valence-corrected chi connectivity index (χ3v) is 2.18. The first-order chi connectivity index (χ1) is 8.47. The minimum atomic E-state index is -1.51. The summed E-state index contributed by atoms with van der Waals surface area (Å²) in [5.41, 5.74) is -0.324. The number of methoxy groups -OCH3 is 1. The summed E-state index contributed by atoms with van der Waals surface area (Å²) in [6.07, 6.45) is -1.51. The molecule has 18 heavy (non-hydrogen) atoms. The molecule has 1 unspecified atom stereocenters. The van der Waals surface area contributed by atoms with E-state index in [1.165, 1.54) is 18.2 Å². The molecule has 0 fully saturated rings. The number of benzene rings is 1. The Morgan fingerprint density at radius 1 is 1.33 bits per heavy atom. The van der Waals surface area contributed by atoms with Crippen molar-refractivity contribution in [1.82, 2.24) is 5.32 Å². The summed E-state index contributed by atoms with van der Waals surface area (Å²) in [5, 5.41) is 30.2. The number of carbonyl (C=O) groups excluding carboxylic acids is 2. The maximum atomic E-state index is 11.6. The first kappa shape index (κ1) is 13.8. The number of aliphatic hydroxyl groups is 1. The number of esters is 1. The van der Waals surface area contributed by atoms with Gasteiger partial charge in [0.1, 0.15) is 17.1 Å². The fraction of sp³-hybridized carbons (Fsp3) is 0.273. The van der Waals surface area contributed by atoms with Crippen molar-refractivity contribution in [3.8, 4) is 11.5 Å². The van der Waals surface area contributed by atoms with Crippen LogP contribution in [0.4, 0.5) is 0 Å². The summed E-state index contributed by atoms with van der Waals surface area (Å²) >= 11 is 0. The molecule has 0 saturated heterocycles. The second-order valence-electron chi connectivity index (χ2n) is 3.42. The third-order valence-electron chi connectivity index (χ3n) is 2.18. The van der Waals surface area contributed by atoms with Crippen LogP contribution in [-0.2, 0) is 9.53 Å². The maximum absolute atomic E-state index is 11.6. The lowest BCUT2D eigenvalue weighted by Gasteiger charge is -2.11. The number of phenolic OH excluding ortho intramolecular Hbond substituents is 2. The van der Waals surface area contributed by atoms with Crippen LogP contribution < -0.4 is 5.32 Å². The SMILES string of the molecule is COC(=O)C(O)CNC(=O)c1c(O)cccc1O. The number of amides is 1. The van der Waals surface area contributed by atoms with E-state index >= 15 is 0 Å². The van der Waals surface area contributed by atoms with Crippen LogP contribution in [0.2, 0.25) is 0 Å². The molecule has 1 amide bonds. The molecule has 1 aromatic rings. The van der Waals surface area contributed by atoms with Gasteiger partial charge in [-0.3, -0.25) is 4.79 Å². The molecule has 7 heteroatoms. The quantitative estimate of drug-likeness (QED) is 0.532. The fourth-order valence-corrected chi connectivity index (χ4v) is 1.26. The van der Waals surface area contributed by atoms with Crippen LogP contribution in [0, 0.1) is 0 Å². The molecule has 1 atom stereocenters. The van der Waals surface area contributed by atoms with Crippen molar-refractivity contribution in [3.63, 3.8) is 0 Å². The van der Waals surface area contributed by atoms with E-state index in [0.717, 1.165) is 7.11 Å². The summed E-state index contributed by atoms with van der Waals surface area (Å²) in [6, 6.07) is 3.82. The summed E-state index contributed by atoms with van der Waals surface area (Å²) in [5.74, 6) is -2.51. The molecule has 98 valence electrons. The standard InChI is InChI=1S/C11H13NO6/c1-18-11(17)8(15)5-12-10(16)9-6(13)3-2-4-7(9)14/h2-4,8,13-15H,5H2,1H3,(H,12,16). The van der Waals surface area contributed by atoms with Gasteiger partial charge in [-0.05, 0) is 12.1 Å². The van der Waals surface area contributed by atoms with Crippen molar-refractivity contribution < 1.29 is 29.6 Å². The number of hydrogen-bond acceptors (Lipinski definition) is 6. The molecule has 0 saturated carbocycles. The van der Waals surface area contributed by atoms with Crippen molar-refractivity contribution >= 4 is 11.9 Å². The Bertz CT molecular complexity index is 439. The molecule has 0 heterocycles. The van der Waals surface area contributed by atoms with Gasteiger partial charge in [0.15, 0.2) is 6.10 Å². The average Bonchev–Trinajstić information content (AvgIpc) is 2.34. The molecule has 1 rings (SSSR count). The molecule has 0 aliphatic carbocycles. The molecule has 0 bridgehead atoms. The van der Waals surface area contributed by atoms with E-state index in [4.69, 9.17) is 0 Å². The largest absolute Gasteiger partial charge is 0.507 e. The van der Waals surface area contributed by atoms with E-state index in [1.807, 2.05) is 0 Å². The molecule has 0 spiro atoms. The number of hydrogen-bond donors (Lipinski definition) is 4. The lowest BCUT2D eigenvalue weighted by Crippen LogP contribution is -2.37. The molecule has 0 radical (unpaired) electrons. The van der Waals surface area contributed by atoms with E-state index < -0.39 is 29.5 Å². The Morgan fingerprint density at radius 3 is 2.39 bits per heavy atom. The van der Waals surface area contributed by atoms with Gasteiger partial charge in [0.25, 0.3) is 5.91 Å². The predicted octanol–water partition coefficient (Wildman–Crippen LogP) is -0.639. The minimum Gasteiger partial charge on any atom is -0.507 e. The second kappa shape index (κ2) is 5.87. The van der Waals surface area contributed by atoms with E-state index in [1.54, 1.807) is 0 Å². The van der Waals surface area contributed by atoms with Crippen molar-refractivity contribution in [2.75, 3.05) is 13.7 Å². The normalized spacial score (nSPS) is 11.7. The van der Waals surface area contributed by atoms with Gasteiger partial charge >= 0.3 is 5.97 Å². The number of nitrogens with one attached hydrogen (secondary N) is 1. The van der Waals surface area contributed by atoms with Gasteiger partial charge in [0.2, 0.25) is 0 Å². The smallest absolute Gasteiger partial charge is 0.336 e. The molecule has 7 nitrogen and oxygen atoms in total. The topological polar surface area (TPSA) is 116 Å². The highest BCUT2D eigenvalue weighted by atomic mass is 16.5. The summed E-state index contributed by atoms with van der Waals surface area (Å²) < 4.78 is 4.26. The van der Waals surface area contributed by atoms with E-state index in [0.29, 0.717) is 0 Å². The van der Waals surface area contributed by atoms with Crippen LogP contribution in [0.1, 0.15) is 10.4 Å². The molecule has 0 aliphatic heterocycles. The van der Waals surface area contributed by atoms with E-state index in [-0.39, 0.29) is 12.1 Å². The van der Waals surface area contributed by atoms with Crippen LogP contribution in [0.5, 0.6) is 11.5 Å². The molecule has 0 aromatic heterocycles. The zero-order valence-corrected chi connectivity index (χ0v) is 9.58. The van der Waals surface area contributed by atoms with Crippen LogP contribution in [0.15, 0.2) is 18.2 Å². The molecular weight excluding hydrogens is 242 g/mol. The zero-order chi connectivity index (χ0) is 13.7. The highest BCUT2D eigenvalue weighted by Crippen LogP contribution is 2.25. The van der Waals surface area contributed by atoms with Gasteiger partial charge in [-0.1, -0.05) is 6.07 Å². The number of phenols is 2. The van der Waals surface area contributed by atoms with Crippen LogP contribution in [0.3, 0.4) is 0 Å². The molecule has 4 N–H and O–H groups in total. The number of carbonyl (C=O) groups is 2. The minimum absolute atomic E-state index is 0.324. The Hall–Kier alpha value is -2.28. The summed E-state index contributed by atoms with van der Waals surface area (Å²) in [7, 11) is 1.10. The van der Waals surface area contributed by atoms with E-state index in [9.17, 15) is 24.9 Å².